The van der Waals surface area contributed by atoms with E-state index >= 15 is 0 Å². The lowest BCUT2D eigenvalue weighted by Gasteiger charge is -2.23. The molecule has 0 fully saturated rings. The largest absolute Gasteiger partial charge is 0.354 e. The number of H-pyrrole nitrogens is 1. The average molecular weight is 421 g/mol. The molecule has 1 amide bonds. The summed E-state index contributed by atoms with van der Waals surface area (Å²) < 4.78 is 0. The van der Waals surface area contributed by atoms with E-state index in [0.29, 0.717) is 0 Å². The van der Waals surface area contributed by atoms with E-state index in [1.165, 1.54) is 10.4 Å². The molecule has 1 atom stereocenters. The van der Waals surface area contributed by atoms with Crippen LogP contribution in [-0.2, 0) is 17.6 Å². The van der Waals surface area contributed by atoms with Crippen LogP contribution in [0.5, 0.6) is 0 Å². The SMILES string of the molecule is Cc1cc2[nH]ncc2cc1Nc1ncnc2sc3c(c12)CCC(C(=O)NC(C)C)C3. The molecule has 0 bridgehead atoms. The Morgan fingerprint density at radius 2 is 2.17 bits per heavy atom. The molecule has 0 saturated heterocycles. The van der Waals surface area contributed by atoms with E-state index in [1.54, 1.807) is 17.7 Å². The zero-order valence-electron chi connectivity index (χ0n) is 17.2. The van der Waals surface area contributed by atoms with Gasteiger partial charge >= 0.3 is 0 Å². The van der Waals surface area contributed by atoms with Gasteiger partial charge in [0.25, 0.3) is 0 Å². The van der Waals surface area contributed by atoms with Gasteiger partial charge in [-0.25, -0.2) is 9.97 Å². The number of nitrogens with zero attached hydrogens (tertiary/aromatic N) is 3. The predicted octanol–water partition coefficient (Wildman–Crippen LogP) is 4.25. The quantitative estimate of drug-likeness (QED) is 0.459. The molecule has 4 aromatic rings. The Hall–Kier alpha value is -3.00. The topological polar surface area (TPSA) is 95.6 Å². The second-order valence-corrected chi connectivity index (χ2v) is 9.34. The van der Waals surface area contributed by atoms with Crippen LogP contribution in [0.15, 0.2) is 24.7 Å². The van der Waals surface area contributed by atoms with Crippen molar-refractivity contribution >= 4 is 49.9 Å². The maximum atomic E-state index is 12.5. The van der Waals surface area contributed by atoms with E-state index in [9.17, 15) is 4.79 Å². The lowest BCUT2D eigenvalue weighted by Crippen LogP contribution is -2.37. The summed E-state index contributed by atoms with van der Waals surface area (Å²) >= 11 is 1.69. The van der Waals surface area contributed by atoms with E-state index in [4.69, 9.17) is 0 Å². The smallest absolute Gasteiger partial charge is 0.223 e. The summed E-state index contributed by atoms with van der Waals surface area (Å²) in [4.78, 5) is 23.8. The van der Waals surface area contributed by atoms with Crippen molar-refractivity contribution in [2.75, 3.05) is 5.32 Å². The van der Waals surface area contributed by atoms with Gasteiger partial charge in [-0.15, -0.1) is 11.3 Å². The fourth-order valence-electron chi connectivity index (χ4n) is 4.19. The van der Waals surface area contributed by atoms with Crippen LogP contribution in [0.25, 0.3) is 21.1 Å². The number of rotatable bonds is 4. The number of carbonyl (C=O) groups is 1. The number of thiophene rings is 1. The lowest BCUT2D eigenvalue weighted by atomic mass is 9.87. The molecular weight excluding hydrogens is 396 g/mol. The van der Waals surface area contributed by atoms with Crippen molar-refractivity contribution in [2.24, 2.45) is 5.92 Å². The number of benzene rings is 1. The van der Waals surface area contributed by atoms with Gasteiger partial charge in [0.15, 0.2) is 0 Å². The highest BCUT2D eigenvalue weighted by Crippen LogP contribution is 2.40. The number of anilines is 2. The average Bonchev–Trinajstić information content (AvgIpc) is 3.31. The summed E-state index contributed by atoms with van der Waals surface area (Å²) in [6, 6.07) is 4.34. The van der Waals surface area contributed by atoms with Gasteiger partial charge in [0.2, 0.25) is 5.91 Å². The molecule has 5 rings (SSSR count). The van der Waals surface area contributed by atoms with Crippen LogP contribution in [0.1, 0.15) is 36.3 Å². The molecular formula is C22H24N6OS. The number of hydrogen-bond acceptors (Lipinski definition) is 6. The van der Waals surface area contributed by atoms with Crippen LogP contribution in [0.2, 0.25) is 0 Å². The first-order chi connectivity index (χ1) is 14.5. The van der Waals surface area contributed by atoms with Gasteiger partial charge in [-0.1, -0.05) is 0 Å². The van der Waals surface area contributed by atoms with Crippen molar-refractivity contribution in [1.29, 1.82) is 0 Å². The molecule has 0 spiro atoms. The minimum absolute atomic E-state index is 0.0306. The monoisotopic (exact) mass is 420 g/mol. The Balaban J connectivity index is 1.50. The highest BCUT2D eigenvalue weighted by Gasteiger charge is 2.29. The van der Waals surface area contributed by atoms with E-state index in [2.05, 4.69) is 49.9 Å². The lowest BCUT2D eigenvalue weighted by molar-refractivity contribution is -0.125. The van der Waals surface area contributed by atoms with Gasteiger partial charge < -0.3 is 10.6 Å². The van der Waals surface area contributed by atoms with Gasteiger partial charge in [-0.3, -0.25) is 9.89 Å². The number of aromatic amines is 1. The van der Waals surface area contributed by atoms with Crippen LogP contribution < -0.4 is 10.6 Å². The van der Waals surface area contributed by atoms with Crippen molar-refractivity contribution in [3.63, 3.8) is 0 Å². The molecule has 3 N–H and O–H groups in total. The third kappa shape index (κ3) is 3.31. The van der Waals surface area contributed by atoms with Crippen LogP contribution in [-0.4, -0.2) is 32.1 Å². The van der Waals surface area contributed by atoms with Gasteiger partial charge in [-0.2, -0.15) is 5.10 Å². The summed E-state index contributed by atoms with van der Waals surface area (Å²) in [6.07, 6.45) is 5.93. The second-order valence-electron chi connectivity index (χ2n) is 8.26. The normalized spacial score (nSPS) is 16.2. The van der Waals surface area contributed by atoms with E-state index in [1.807, 2.05) is 20.0 Å². The first-order valence-electron chi connectivity index (χ1n) is 10.3. The fourth-order valence-corrected chi connectivity index (χ4v) is 5.46. The second kappa shape index (κ2) is 7.36. The third-order valence-corrected chi connectivity index (χ3v) is 6.85. The first-order valence-corrected chi connectivity index (χ1v) is 11.1. The highest BCUT2D eigenvalue weighted by molar-refractivity contribution is 7.19. The summed E-state index contributed by atoms with van der Waals surface area (Å²) in [5, 5.41) is 15.9. The minimum atomic E-state index is 0.0306. The molecule has 30 heavy (non-hydrogen) atoms. The molecule has 0 saturated carbocycles. The van der Waals surface area contributed by atoms with Gasteiger partial charge in [0.1, 0.15) is 17.0 Å². The summed E-state index contributed by atoms with van der Waals surface area (Å²) in [6.45, 7) is 6.08. The number of aromatic nitrogens is 4. The predicted molar refractivity (Wildman–Crippen MR) is 120 cm³/mol. The number of amides is 1. The summed E-state index contributed by atoms with van der Waals surface area (Å²) in [5.41, 5.74) is 4.43. The van der Waals surface area contributed by atoms with Crippen molar-refractivity contribution < 1.29 is 4.79 Å². The van der Waals surface area contributed by atoms with Gasteiger partial charge in [0, 0.05) is 27.9 Å². The van der Waals surface area contributed by atoms with Crippen molar-refractivity contribution in [2.45, 2.75) is 46.1 Å². The maximum Gasteiger partial charge on any atom is 0.223 e. The standard InChI is InChI=1S/C22H24N6OS/c1-11(2)26-21(29)13-4-5-15-18(8-13)30-22-19(15)20(23-10-24-22)27-16-7-14-9-25-28-17(14)6-12(16)3/h6-7,9-11,13H,4-5,8H2,1-3H3,(H,25,28)(H,26,29)(H,23,24,27). The van der Waals surface area contributed by atoms with Crippen molar-refractivity contribution in [3.8, 4) is 0 Å². The molecule has 1 aromatic carbocycles. The minimum Gasteiger partial charge on any atom is -0.354 e. The van der Waals surface area contributed by atoms with Crippen LogP contribution in [0, 0.1) is 12.8 Å². The molecule has 154 valence electrons. The Morgan fingerprint density at radius 3 is 3.00 bits per heavy atom. The number of fused-ring (bicyclic) bond motifs is 4. The summed E-state index contributed by atoms with van der Waals surface area (Å²) in [5.74, 6) is 1.01. The molecule has 3 aromatic heterocycles. The molecule has 1 aliphatic rings. The Morgan fingerprint density at radius 1 is 1.30 bits per heavy atom. The van der Waals surface area contributed by atoms with Crippen molar-refractivity contribution in [1.82, 2.24) is 25.5 Å². The van der Waals surface area contributed by atoms with E-state index in [-0.39, 0.29) is 17.9 Å². The molecule has 7 nitrogen and oxygen atoms in total. The summed E-state index contributed by atoms with van der Waals surface area (Å²) in [7, 11) is 0. The molecule has 1 aliphatic carbocycles. The zero-order valence-corrected chi connectivity index (χ0v) is 18.1. The van der Waals surface area contributed by atoms with E-state index < -0.39 is 0 Å². The molecule has 1 unspecified atom stereocenters. The molecule has 3 heterocycles. The Bertz CT molecular complexity index is 1260. The highest BCUT2D eigenvalue weighted by atomic mass is 32.1. The van der Waals surface area contributed by atoms with Crippen LogP contribution in [0.3, 0.4) is 0 Å². The van der Waals surface area contributed by atoms with Crippen LogP contribution in [0.4, 0.5) is 11.5 Å². The maximum absolute atomic E-state index is 12.5. The first kappa shape index (κ1) is 19.0. The number of carbonyl (C=O) groups excluding carboxylic acids is 1. The van der Waals surface area contributed by atoms with Gasteiger partial charge in [-0.05, 0) is 63.3 Å². The van der Waals surface area contributed by atoms with Crippen LogP contribution >= 0.6 is 11.3 Å². The zero-order chi connectivity index (χ0) is 20.8. The fraction of sp³-hybridized carbons (Fsp3) is 0.364. The molecule has 0 aliphatic heterocycles. The van der Waals surface area contributed by atoms with Crippen molar-refractivity contribution in [3.05, 3.63) is 40.7 Å². The molecule has 8 heteroatoms. The number of nitrogens with one attached hydrogen (secondary N) is 3. The Labute approximate surface area is 178 Å². The third-order valence-electron chi connectivity index (χ3n) is 5.69. The molecule has 0 radical (unpaired) electrons. The van der Waals surface area contributed by atoms with Gasteiger partial charge in [0.05, 0.1) is 17.1 Å². The Kier molecular flexibility index (Phi) is 4.66. The number of aryl methyl sites for hydroxylation is 2. The van der Waals surface area contributed by atoms with E-state index in [0.717, 1.165) is 57.5 Å². The number of hydrogen-bond donors (Lipinski definition) is 3.